The summed E-state index contributed by atoms with van der Waals surface area (Å²) < 4.78 is 10.1. The van der Waals surface area contributed by atoms with E-state index in [1.54, 1.807) is 6.92 Å². The third kappa shape index (κ3) is 3.07. The Bertz CT molecular complexity index is 375. The van der Waals surface area contributed by atoms with Gasteiger partial charge in [-0.1, -0.05) is 13.8 Å². The van der Waals surface area contributed by atoms with E-state index in [1.165, 1.54) is 7.11 Å². The number of hydrogen-bond donors (Lipinski definition) is 2. The maximum Gasteiger partial charge on any atom is 0.328 e. The van der Waals surface area contributed by atoms with Crippen LogP contribution in [-0.2, 0) is 19.1 Å². The molecule has 0 bridgehead atoms. The van der Waals surface area contributed by atoms with E-state index >= 15 is 0 Å². The number of hydrogen-bond acceptors (Lipinski definition) is 5. The molecule has 0 aromatic carbocycles. The largest absolute Gasteiger partial charge is 0.467 e. The molecule has 1 aliphatic carbocycles. The van der Waals surface area contributed by atoms with Crippen LogP contribution in [0.2, 0.25) is 0 Å². The van der Waals surface area contributed by atoms with Crippen molar-refractivity contribution in [1.82, 2.24) is 5.32 Å². The summed E-state index contributed by atoms with van der Waals surface area (Å²) in [5.41, 5.74) is 4.70. The second-order valence-electron chi connectivity index (χ2n) is 5.56. The number of amides is 1. The molecule has 2 unspecified atom stereocenters. The summed E-state index contributed by atoms with van der Waals surface area (Å²) in [6.45, 7) is 7.87. The fourth-order valence-corrected chi connectivity index (χ4v) is 2.38. The third-order valence-electron chi connectivity index (χ3n) is 4.14. The predicted molar refractivity (Wildman–Crippen MR) is 77.6 cm³/mol. The van der Waals surface area contributed by atoms with Crippen LogP contribution in [0.15, 0.2) is 0 Å². The van der Waals surface area contributed by atoms with Gasteiger partial charge in [-0.05, 0) is 13.8 Å². The molecule has 1 fully saturated rings. The van der Waals surface area contributed by atoms with E-state index < -0.39 is 23.0 Å². The van der Waals surface area contributed by atoms with Crippen molar-refractivity contribution in [3.63, 3.8) is 0 Å². The minimum atomic E-state index is -1.02. The highest BCUT2D eigenvalue weighted by molar-refractivity contribution is 5.92. The number of nitrogens with one attached hydrogen (secondary N) is 1. The number of nitrogens with two attached hydrogens (primary N) is 1. The third-order valence-corrected chi connectivity index (χ3v) is 4.14. The highest BCUT2D eigenvalue weighted by Gasteiger charge is 2.63. The van der Waals surface area contributed by atoms with Crippen LogP contribution in [0.3, 0.4) is 0 Å². The van der Waals surface area contributed by atoms with Crippen molar-refractivity contribution in [1.29, 1.82) is 0 Å². The Morgan fingerprint density at radius 1 is 1.45 bits per heavy atom. The zero-order valence-electron chi connectivity index (χ0n) is 12.7. The standard InChI is InChI=1S/C13H24N2O4.ClH/c1-6-19-9-7-13(14,12(9,3)4)11(17)15-8(2)10(16)18-5;/h8-9H,6-7,14H2,1-5H3,(H,15,17);1H/t8-,9?,13?;/m1./s1. The van der Waals surface area contributed by atoms with Gasteiger partial charge >= 0.3 is 5.97 Å². The van der Waals surface area contributed by atoms with Gasteiger partial charge in [-0.15, -0.1) is 12.4 Å². The highest BCUT2D eigenvalue weighted by Crippen LogP contribution is 2.49. The molecule has 7 heteroatoms. The molecule has 0 saturated heterocycles. The molecule has 20 heavy (non-hydrogen) atoms. The van der Waals surface area contributed by atoms with E-state index in [9.17, 15) is 9.59 Å². The summed E-state index contributed by atoms with van der Waals surface area (Å²) in [5.74, 6) is -0.832. The van der Waals surface area contributed by atoms with Crippen molar-refractivity contribution in [2.45, 2.75) is 51.8 Å². The normalized spacial score (nSPS) is 28.6. The van der Waals surface area contributed by atoms with Crippen molar-refractivity contribution < 1.29 is 19.1 Å². The van der Waals surface area contributed by atoms with E-state index in [1.807, 2.05) is 20.8 Å². The first kappa shape index (κ1) is 19.1. The van der Waals surface area contributed by atoms with Crippen LogP contribution in [0.25, 0.3) is 0 Å². The summed E-state index contributed by atoms with van der Waals surface area (Å²) in [5, 5.41) is 2.60. The van der Waals surface area contributed by atoms with Crippen LogP contribution in [-0.4, -0.2) is 43.3 Å². The van der Waals surface area contributed by atoms with Crippen molar-refractivity contribution >= 4 is 24.3 Å². The van der Waals surface area contributed by atoms with Crippen LogP contribution in [0, 0.1) is 5.41 Å². The number of ether oxygens (including phenoxy) is 2. The van der Waals surface area contributed by atoms with Gasteiger partial charge in [0.2, 0.25) is 5.91 Å². The van der Waals surface area contributed by atoms with Gasteiger partial charge in [0.15, 0.2) is 0 Å². The van der Waals surface area contributed by atoms with E-state index in [4.69, 9.17) is 10.5 Å². The molecule has 1 aliphatic rings. The molecule has 1 saturated carbocycles. The monoisotopic (exact) mass is 308 g/mol. The van der Waals surface area contributed by atoms with Crippen LogP contribution < -0.4 is 11.1 Å². The molecule has 0 radical (unpaired) electrons. The van der Waals surface area contributed by atoms with E-state index in [0.29, 0.717) is 13.0 Å². The number of esters is 1. The van der Waals surface area contributed by atoms with E-state index in [0.717, 1.165) is 0 Å². The number of rotatable bonds is 5. The van der Waals surface area contributed by atoms with Crippen LogP contribution in [0.1, 0.15) is 34.1 Å². The summed E-state index contributed by atoms with van der Waals surface area (Å²) in [6.07, 6.45) is 0.412. The molecule has 3 atom stereocenters. The zero-order chi connectivity index (χ0) is 14.8. The van der Waals surface area contributed by atoms with Crippen molar-refractivity contribution in [2.75, 3.05) is 13.7 Å². The van der Waals surface area contributed by atoms with Gasteiger partial charge in [0.1, 0.15) is 11.6 Å². The Morgan fingerprint density at radius 2 is 2.00 bits per heavy atom. The van der Waals surface area contributed by atoms with Gasteiger partial charge < -0.3 is 20.5 Å². The number of halogens is 1. The second-order valence-corrected chi connectivity index (χ2v) is 5.56. The fourth-order valence-electron chi connectivity index (χ4n) is 2.38. The molecule has 118 valence electrons. The number of methoxy groups -OCH3 is 1. The molecule has 3 N–H and O–H groups in total. The maximum atomic E-state index is 12.2. The van der Waals surface area contributed by atoms with E-state index in [-0.39, 0.29) is 24.4 Å². The molecule has 0 spiro atoms. The summed E-state index contributed by atoms with van der Waals surface area (Å²) in [6, 6.07) is -0.708. The summed E-state index contributed by atoms with van der Waals surface area (Å²) >= 11 is 0. The lowest BCUT2D eigenvalue weighted by Crippen LogP contribution is -2.76. The summed E-state index contributed by atoms with van der Waals surface area (Å²) in [7, 11) is 1.28. The van der Waals surface area contributed by atoms with Gasteiger partial charge in [0.05, 0.1) is 13.2 Å². The number of carbonyl (C=O) groups excluding carboxylic acids is 2. The smallest absolute Gasteiger partial charge is 0.328 e. The summed E-state index contributed by atoms with van der Waals surface area (Å²) in [4.78, 5) is 23.6. The molecule has 6 nitrogen and oxygen atoms in total. The Morgan fingerprint density at radius 3 is 2.40 bits per heavy atom. The van der Waals surface area contributed by atoms with Crippen molar-refractivity contribution in [3.05, 3.63) is 0 Å². The van der Waals surface area contributed by atoms with Crippen LogP contribution >= 0.6 is 12.4 Å². The minimum absolute atomic E-state index is 0. The Kier molecular flexibility index (Phi) is 6.45. The molecule has 0 aromatic heterocycles. The fraction of sp³-hybridized carbons (Fsp3) is 0.846. The molecule has 0 heterocycles. The van der Waals surface area contributed by atoms with Gasteiger partial charge in [-0.25, -0.2) is 4.79 Å². The van der Waals surface area contributed by atoms with Gasteiger partial charge in [-0.3, -0.25) is 4.79 Å². The molecule has 0 aromatic rings. The highest BCUT2D eigenvalue weighted by atomic mass is 35.5. The average Bonchev–Trinajstić information content (AvgIpc) is 2.36. The van der Waals surface area contributed by atoms with Gasteiger partial charge in [0.25, 0.3) is 0 Å². The van der Waals surface area contributed by atoms with Crippen LogP contribution in [0.4, 0.5) is 0 Å². The number of carbonyl (C=O) groups is 2. The first-order valence-electron chi connectivity index (χ1n) is 6.50. The molecule has 1 amide bonds. The van der Waals surface area contributed by atoms with Crippen molar-refractivity contribution in [3.8, 4) is 0 Å². The Hall–Kier alpha value is -0.850. The molecule has 1 rings (SSSR count). The minimum Gasteiger partial charge on any atom is -0.467 e. The zero-order valence-corrected chi connectivity index (χ0v) is 13.5. The molecular formula is C13H25ClN2O4. The lowest BCUT2D eigenvalue weighted by atomic mass is 9.54. The Balaban J connectivity index is 0.00000361. The van der Waals surface area contributed by atoms with Crippen LogP contribution in [0.5, 0.6) is 0 Å². The maximum absolute atomic E-state index is 12.2. The van der Waals surface area contributed by atoms with Crippen molar-refractivity contribution in [2.24, 2.45) is 11.1 Å². The SMILES string of the molecule is CCOC1CC(N)(C(=O)N[C@H](C)C(=O)OC)C1(C)C.Cl. The van der Waals surface area contributed by atoms with Gasteiger partial charge in [-0.2, -0.15) is 0 Å². The van der Waals surface area contributed by atoms with Gasteiger partial charge in [0, 0.05) is 18.4 Å². The molecular weight excluding hydrogens is 284 g/mol. The second kappa shape index (κ2) is 6.74. The first-order valence-corrected chi connectivity index (χ1v) is 6.50. The predicted octanol–water partition coefficient (Wildman–Crippen LogP) is 0.618. The molecule has 0 aliphatic heterocycles. The Labute approximate surface area is 126 Å². The van der Waals surface area contributed by atoms with E-state index in [2.05, 4.69) is 10.1 Å². The lowest BCUT2D eigenvalue weighted by Gasteiger charge is -2.57. The quantitative estimate of drug-likeness (QED) is 0.727. The first-order chi connectivity index (χ1) is 8.70. The topological polar surface area (TPSA) is 90.6 Å². The lowest BCUT2D eigenvalue weighted by molar-refractivity contribution is -0.172. The average molecular weight is 309 g/mol.